The maximum absolute atomic E-state index is 11.9. The van der Waals surface area contributed by atoms with Crippen LogP contribution in [-0.2, 0) is 9.53 Å². The number of likely N-dealkylation sites (N-methyl/N-ethyl adjacent to an activating group) is 1. The van der Waals surface area contributed by atoms with Gasteiger partial charge in [0, 0.05) is 13.5 Å². The van der Waals surface area contributed by atoms with E-state index in [-0.39, 0.29) is 13.0 Å². The highest BCUT2D eigenvalue weighted by atomic mass is 16.6. The monoisotopic (exact) mass is 309 g/mol. The van der Waals surface area contributed by atoms with Crippen molar-refractivity contribution in [2.45, 2.75) is 38.8 Å². The van der Waals surface area contributed by atoms with Gasteiger partial charge in [0.05, 0.1) is 6.61 Å². The number of hydrogen-bond acceptors (Lipinski definition) is 4. The molecule has 0 spiro atoms. The standard InChI is InChI=1S/C16H23NO5/c1-16(2,3)22-15(20)17(4)13(14(18)19)10-11-21-12-8-6-5-7-9-12/h5-9,13H,10-11H2,1-4H3,(H,18,19). The largest absolute Gasteiger partial charge is 0.494 e. The Balaban J connectivity index is 2.57. The number of carboxylic acid groups (broad SMARTS) is 1. The predicted octanol–water partition coefficient (Wildman–Crippen LogP) is 2.78. The molecule has 0 bridgehead atoms. The molecule has 0 aliphatic rings. The van der Waals surface area contributed by atoms with Crippen molar-refractivity contribution in [3.05, 3.63) is 30.3 Å². The molecular weight excluding hydrogens is 286 g/mol. The van der Waals surface area contributed by atoms with Gasteiger partial charge in [0.15, 0.2) is 0 Å². The van der Waals surface area contributed by atoms with Gasteiger partial charge in [-0.1, -0.05) is 18.2 Å². The van der Waals surface area contributed by atoms with E-state index in [1.165, 1.54) is 7.05 Å². The zero-order chi connectivity index (χ0) is 16.8. The van der Waals surface area contributed by atoms with Gasteiger partial charge in [-0.25, -0.2) is 9.59 Å². The van der Waals surface area contributed by atoms with Crippen molar-refractivity contribution in [1.82, 2.24) is 4.90 Å². The lowest BCUT2D eigenvalue weighted by molar-refractivity contribution is -0.143. The van der Waals surface area contributed by atoms with E-state index in [0.29, 0.717) is 5.75 Å². The van der Waals surface area contributed by atoms with Crippen molar-refractivity contribution in [3.63, 3.8) is 0 Å². The minimum Gasteiger partial charge on any atom is -0.494 e. The van der Waals surface area contributed by atoms with Gasteiger partial charge in [-0.3, -0.25) is 4.90 Å². The Hall–Kier alpha value is -2.24. The van der Waals surface area contributed by atoms with Crippen LogP contribution < -0.4 is 4.74 Å². The first kappa shape index (κ1) is 17.8. The first-order valence-corrected chi connectivity index (χ1v) is 7.07. The fourth-order valence-electron chi connectivity index (χ4n) is 1.75. The topological polar surface area (TPSA) is 76.1 Å². The van der Waals surface area contributed by atoms with Gasteiger partial charge < -0.3 is 14.6 Å². The third-order valence-corrected chi connectivity index (χ3v) is 2.84. The highest BCUT2D eigenvalue weighted by Crippen LogP contribution is 2.14. The minimum absolute atomic E-state index is 0.167. The number of carbonyl (C=O) groups excluding carboxylic acids is 1. The van der Waals surface area contributed by atoms with Crippen LogP contribution in [0, 0.1) is 0 Å². The Morgan fingerprint density at radius 2 is 1.82 bits per heavy atom. The predicted molar refractivity (Wildman–Crippen MR) is 82.0 cm³/mol. The molecule has 1 atom stereocenters. The van der Waals surface area contributed by atoms with Crippen LogP contribution in [0.25, 0.3) is 0 Å². The number of benzene rings is 1. The molecule has 1 amide bonds. The molecule has 1 unspecified atom stereocenters. The molecular formula is C16H23NO5. The van der Waals surface area contributed by atoms with Crippen LogP contribution in [-0.4, -0.2) is 47.4 Å². The number of aliphatic carboxylic acids is 1. The molecule has 1 rings (SSSR count). The fourth-order valence-corrected chi connectivity index (χ4v) is 1.75. The highest BCUT2D eigenvalue weighted by molar-refractivity contribution is 5.79. The molecule has 0 saturated heterocycles. The number of amides is 1. The third kappa shape index (κ3) is 6.03. The van der Waals surface area contributed by atoms with Gasteiger partial charge in [0.2, 0.25) is 0 Å². The number of carboxylic acids is 1. The first-order chi connectivity index (χ1) is 10.2. The van der Waals surface area contributed by atoms with Crippen LogP contribution in [0.3, 0.4) is 0 Å². The Morgan fingerprint density at radius 1 is 1.23 bits per heavy atom. The molecule has 1 N–H and O–H groups in total. The molecule has 0 aliphatic heterocycles. The molecule has 0 aliphatic carbocycles. The summed E-state index contributed by atoms with van der Waals surface area (Å²) in [6.45, 7) is 5.38. The normalized spacial score (nSPS) is 12.4. The van der Waals surface area contributed by atoms with E-state index in [2.05, 4.69) is 0 Å². The van der Waals surface area contributed by atoms with Crippen LogP contribution in [0.4, 0.5) is 4.79 Å². The molecule has 0 heterocycles. The lowest BCUT2D eigenvalue weighted by Crippen LogP contribution is -2.45. The molecule has 0 saturated carbocycles. The molecule has 122 valence electrons. The zero-order valence-corrected chi connectivity index (χ0v) is 13.4. The molecule has 1 aromatic carbocycles. The Bertz CT molecular complexity index is 495. The molecule has 1 aromatic rings. The first-order valence-electron chi connectivity index (χ1n) is 7.07. The maximum atomic E-state index is 11.9. The number of hydrogen-bond donors (Lipinski definition) is 1. The molecule has 0 aromatic heterocycles. The van der Waals surface area contributed by atoms with Crippen LogP contribution >= 0.6 is 0 Å². The van der Waals surface area contributed by atoms with E-state index in [0.717, 1.165) is 4.90 Å². The lowest BCUT2D eigenvalue weighted by atomic mass is 10.2. The second-order valence-electron chi connectivity index (χ2n) is 5.90. The Labute approximate surface area is 130 Å². The van der Waals surface area contributed by atoms with Crippen LogP contribution in [0.15, 0.2) is 30.3 Å². The minimum atomic E-state index is -1.09. The Morgan fingerprint density at radius 3 is 2.32 bits per heavy atom. The molecule has 0 radical (unpaired) electrons. The molecule has 6 nitrogen and oxygen atoms in total. The van der Waals surface area contributed by atoms with Crippen molar-refractivity contribution >= 4 is 12.1 Å². The number of carbonyl (C=O) groups is 2. The van der Waals surface area contributed by atoms with E-state index in [1.54, 1.807) is 32.9 Å². The number of rotatable bonds is 6. The summed E-state index contributed by atoms with van der Waals surface area (Å²) in [7, 11) is 1.41. The second-order valence-corrected chi connectivity index (χ2v) is 5.90. The van der Waals surface area contributed by atoms with Gasteiger partial charge in [0.25, 0.3) is 0 Å². The van der Waals surface area contributed by atoms with E-state index < -0.39 is 23.7 Å². The van der Waals surface area contributed by atoms with Gasteiger partial charge in [-0.15, -0.1) is 0 Å². The molecule has 22 heavy (non-hydrogen) atoms. The molecule has 0 fully saturated rings. The summed E-state index contributed by atoms with van der Waals surface area (Å²) < 4.78 is 10.7. The van der Waals surface area contributed by atoms with Crippen molar-refractivity contribution < 1.29 is 24.2 Å². The van der Waals surface area contributed by atoms with Crippen LogP contribution in [0.1, 0.15) is 27.2 Å². The number of ether oxygens (including phenoxy) is 2. The van der Waals surface area contributed by atoms with Gasteiger partial charge >= 0.3 is 12.1 Å². The van der Waals surface area contributed by atoms with Crippen molar-refractivity contribution in [2.75, 3.05) is 13.7 Å². The summed E-state index contributed by atoms with van der Waals surface area (Å²) in [5, 5.41) is 9.28. The quantitative estimate of drug-likeness (QED) is 0.874. The second kappa shape index (κ2) is 7.68. The average molecular weight is 309 g/mol. The summed E-state index contributed by atoms with van der Waals surface area (Å²) in [5.41, 5.74) is -0.672. The summed E-state index contributed by atoms with van der Waals surface area (Å²) in [4.78, 5) is 24.4. The smallest absolute Gasteiger partial charge is 0.410 e. The third-order valence-electron chi connectivity index (χ3n) is 2.84. The van der Waals surface area contributed by atoms with E-state index in [1.807, 2.05) is 18.2 Å². The van der Waals surface area contributed by atoms with Gasteiger partial charge in [-0.05, 0) is 32.9 Å². The summed E-state index contributed by atoms with van der Waals surface area (Å²) in [5.74, 6) is -0.434. The Kier molecular flexibility index (Phi) is 6.22. The molecule has 6 heteroatoms. The lowest BCUT2D eigenvalue weighted by Gasteiger charge is -2.28. The fraction of sp³-hybridized carbons (Fsp3) is 0.500. The maximum Gasteiger partial charge on any atom is 0.410 e. The van der Waals surface area contributed by atoms with Crippen molar-refractivity contribution in [2.24, 2.45) is 0 Å². The van der Waals surface area contributed by atoms with Gasteiger partial charge in [-0.2, -0.15) is 0 Å². The number of para-hydroxylation sites is 1. The van der Waals surface area contributed by atoms with Gasteiger partial charge in [0.1, 0.15) is 17.4 Å². The van der Waals surface area contributed by atoms with E-state index in [9.17, 15) is 14.7 Å². The summed E-state index contributed by atoms with van der Waals surface area (Å²) >= 11 is 0. The SMILES string of the molecule is CN(C(=O)OC(C)(C)C)C(CCOc1ccccc1)C(=O)O. The highest BCUT2D eigenvalue weighted by Gasteiger charge is 2.29. The summed E-state index contributed by atoms with van der Waals surface area (Å²) in [6, 6.07) is 8.09. The summed E-state index contributed by atoms with van der Waals surface area (Å²) in [6.07, 6.45) is -0.500. The zero-order valence-electron chi connectivity index (χ0n) is 13.4. The van der Waals surface area contributed by atoms with Crippen molar-refractivity contribution in [1.29, 1.82) is 0 Å². The van der Waals surface area contributed by atoms with Crippen LogP contribution in [0.5, 0.6) is 5.75 Å². The van der Waals surface area contributed by atoms with E-state index >= 15 is 0 Å². The van der Waals surface area contributed by atoms with Crippen LogP contribution in [0.2, 0.25) is 0 Å². The number of nitrogens with zero attached hydrogens (tertiary/aromatic N) is 1. The van der Waals surface area contributed by atoms with E-state index in [4.69, 9.17) is 9.47 Å². The van der Waals surface area contributed by atoms with Crippen molar-refractivity contribution in [3.8, 4) is 5.75 Å². The average Bonchev–Trinajstić information content (AvgIpc) is 2.42.